The Labute approximate surface area is 232 Å². The molecule has 0 unspecified atom stereocenters. The van der Waals surface area contributed by atoms with Crippen LogP contribution in [-0.2, 0) is 36.5 Å². The van der Waals surface area contributed by atoms with E-state index in [1.165, 1.54) is 4.90 Å². The van der Waals surface area contributed by atoms with E-state index in [0.29, 0.717) is 42.6 Å². The van der Waals surface area contributed by atoms with E-state index in [2.05, 4.69) is 10.2 Å². The molecular weight excluding hydrogens is 554 g/mol. The van der Waals surface area contributed by atoms with Crippen LogP contribution < -0.4 is 10.7 Å². The van der Waals surface area contributed by atoms with Crippen molar-refractivity contribution < 1.29 is 35.9 Å². The molecule has 2 aromatic carbocycles. The van der Waals surface area contributed by atoms with E-state index in [0.717, 1.165) is 24.0 Å². The van der Waals surface area contributed by atoms with Crippen molar-refractivity contribution in [3.05, 3.63) is 63.7 Å². The van der Waals surface area contributed by atoms with Gasteiger partial charge < -0.3 is 15.5 Å². The van der Waals surface area contributed by atoms with Crippen LogP contribution in [0.1, 0.15) is 72.5 Å². The summed E-state index contributed by atoms with van der Waals surface area (Å²) in [6, 6.07) is 4.30. The maximum absolute atomic E-state index is 13.6. The van der Waals surface area contributed by atoms with Crippen LogP contribution in [0.25, 0.3) is 0 Å². The zero-order valence-electron chi connectivity index (χ0n) is 22.4. The van der Waals surface area contributed by atoms with Crippen LogP contribution in [0.2, 0.25) is 0 Å². The van der Waals surface area contributed by atoms with Gasteiger partial charge in [-0.1, -0.05) is 12.1 Å². The average Bonchev–Trinajstić information content (AvgIpc) is 3.28. The molecule has 1 amide bonds. The molecule has 8 nitrogen and oxygen atoms in total. The summed E-state index contributed by atoms with van der Waals surface area (Å²) >= 11 is 0. The van der Waals surface area contributed by atoms with E-state index >= 15 is 0 Å². The van der Waals surface area contributed by atoms with Crippen LogP contribution in [0, 0.1) is 5.53 Å². The quantitative estimate of drug-likeness (QED) is 0.0993. The molecule has 41 heavy (non-hydrogen) atoms. The molecule has 0 bridgehead atoms. The fourth-order valence-corrected chi connectivity index (χ4v) is 5.53. The highest BCUT2D eigenvalue weighted by Crippen LogP contribution is 2.44. The van der Waals surface area contributed by atoms with Crippen molar-refractivity contribution in [3.63, 3.8) is 0 Å². The molecule has 0 aromatic heterocycles. The highest BCUT2D eigenvalue weighted by atomic mass is 19.4. The van der Waals surface area contributed by atoms with Gasteiger partial charge in [0.1, 0.15) is 0 Å². The number of carbonyl (C=O) groups is 1. The summed E-state index contributed by atoms with van der Waals surface area (Å²) in [6.45, 7) is 3.21. The number of amides is 1. The Morgan fingerprint density at radius 3 is 2.32 bits per heavy atom. The lowest BCUT2D eigenvalue weighted by Gasteiger charge is -2.34. The van der Waals surface area contributed by atoms with Crippen molar-refractivity contribution in [3.8, 4) is 0 Å². The lowest BCUT2D eigenvalue weighted by Crippen LogP contribution is -2.36. The summed E-state index contributed by atoms with van der Waals surface area (Å²) in [5, 5.41) is 6.87. The van der Waals surface area contributed by atoms with Crippen LogP contribution in [-0.4, -0.2) is 29.6 Å². The fourth-order valence-electron chi connectivity index (χ4n) is 5.53. The SMILES string of the molecule is CC(C)OC(=O)N1CCC[C@H](N(Cc2cc(C(F)(F)F)cc(C(F)(F)F)c2)/C(N=N)=N/N)c2ccc3c(c21)CCC3. The number of rotatable bonds is 4. The second-order valence-corrected chi connectivity index (χ2v) is 10.3. The van der Waals surface area contributed by atoms with Gasteiger partial charge in [-0.3, -0.25) is 4.90 Å². The number of anilines is 1. The Morgan fingerprint density at radius 1 is 1.10 bits per heavy atom. The summed E-state index contributed by atoms with van der Waals surface area (Å²) in [5.74, 6) is 5.13. The minimum atomic E-state index is -5.03. The van der Waals surface area contributed by atoms with E-state index in [-0.39, 0.29) is 30.2 Å². The molecular formula is C27H30F6N6O2. The van der Waals surface area contributed by atoms with Gasteiger partial charge >= 0.3 is 18.4 Å². The molecule has 2 aliphatic rings. The van der Waals surface area contributed by atoms with Crippen LogP contribution >= 0.6 is 0 Å². The second-order valence-electron chi connectivity index (χ2n) is 10.3. The van der Waals surface area contributed by atoms with Gasteiger partial charge in [0.25, 0.3) is 5.96 Å². The third kappa shape index (κ3) is 6.41. The van der Waals surface area contributed by atoms with Gasteiger partial charge in [0.05, 0.1) is 29.0 Å². The van der Waals surface area contributed by atoms with Gasteiger partial charge in [-0.25, -0.2) is 10.3 Å². The molecule has 0 saturated heterocycles. The number of carbonyl (C=O) groups excluding carboxylic acids is 1. The number of fused-ring (bicyclic) bond motifs is 3. The molecule has 0 radical (unpaired) electrons. The summed E-state index contributed by atoms with van der Waals surface area (Å²) in [4.78, 5) is 16.0. The molecule has 0 saturated carbocycles. The minimum Gasteiger partial charge on any atom is -0.446 e. The molecule has 1 aliphatic heterocycles. The van der Waals surface area contributed by atoms with Crippen molar-refractivity contribution in [1.29, 1.82) is 5.53 Å². The zero-order valence-corrected chi connectivity index (χ0v) is 22.4. The number of alkyl halides is 6. The van der Waals surface area contributed by atoms with Crippen LogP contribution in [0.4, 0.5) is 36.8 Å². The molecule has 1 aliphatic carbocycles. The van der Waals surface area contributed by atoms with E-state index in [4.69, 9.17) is 16.1 Å². The normalized spacial score (nSPS) is 17.6. The molecule has 0 fully saturated rings. The molecule has 3 N–H and O–H groups in total. The molecule has 2 aromatic rings. The van der Waals surface area contributed by atoms with Gasteiger partial charge in [-0.05, 0) is 86.4 Å². The van der Waals surface area contributed by atoms with Gasteiger partial charge in [0.2, 0.25) is 0 Å². The van der Waals surface area contributed by atoms with Crippen LogP contribution in [0.5, 0.6) is 0 Å². The first-order valence-electron chi connectivity index (χ1n) is 13.1. The number of nitrogens with one attached hydrogen (secondary N) is 1. The zero-order chi connectivity index (χ0) is 30.1. The summed E-state index contributed by atoms with van der Waals surface area (Å²) in [5.41, 5.74) is 7.56. The Hall–Kier alpha value is -3.84. The van der Waals surface area contributed by atoms with E-state index in [1.807, 2.05) is 6.07 Å². The summed E-state index contributed by atoms with van der Waals surface area (Å²) < 4.78 is 87.0. The number of ether oxygens (including phenoxy) is 1. The fraction of sp³-hybridized carbons (Fsp3) is 0.481. The third-order valence-corrected chi connectivity index (χ3v) is 7.18. The van der Waals surface area contributed by atoms with Gasteiger partial charge in [-0.2, -0.15) is 26.3 Å². The number of halogens is 6. The van der Waals surface area contributed by atoms with Crippen molar-refractivity contribution in [2.45, 2.75) is 77.0 Å². The van der Waals surface area contributed by atoms with Crippen LogP contribution in [0.15, 0.2) is 40.5 Å². The first-order chi connectivity index (χ1) is 19.2. The Morgan fingerprint density at radius 2 is 1.76 bits per heavy atom. The topological polar surface area (TPSA) is 107 Å². The molecule has 222 valence electrons. The number of guanidine groups is 1. The number of aryl methyl sites for hydroxylation is 1. The second kappa shape index (κ2) is 11.6. The standard InChI is InChI=1S/C27H30F6N6O2/c1-15(2)41-25(40)38-10-4-7-22(21-9-8-17-5-3-6-20(17)23(21)38)39(24(36-34)37-35)14-16-11-18(26(28,29)30)13-19(12-16)27(31,32)33/h8-9,11-13,15,22,34H,3-7,10,14,35H2,1-2H3/b36-34?,37-24+/t22-/m0/s1. The Bertz CT molecular complexity index is 1310. The van der Waals surface area contributed by atoms with Crippen molar-refractivity contribution in [1.82, 2.24) is 4.90 Å². The van der Waals surface area contributed by atoms with Crippen molar-refractivity contribution in [2.75, 3.05) is 11.4 Å². The Kier molecular flexibility index (Phi) is 8.50. The van der Waals surface area contributed by atoms with E-state index in [9.17, 15) is 31.1 Å². The minimum absolute atomic E-state index is 0.0586. The largest absolute Gasteiger partial charge is 0.446 e. The lowest BCUT2D eigenvalue weighted by atomic mass is 9.94. The highest BCUT2D eigenvalue weighted by molar-refractivity contribution is 5.91. The number of hydrazone groups is 1. The first kappa shape index (κ1) is 30.1. The van der Waals surface area contributed by atoms with Crippen molar-refractivity contribution in [2.24, 2.45) is 16.1 Å². The van der Waals surface area contributed by atoms with E-state index in [1.54, 1.807) is 24.8 Å². The molecule has 0 spiro atoms. The maximum atomic E-state index is 13.6. The molecule has 1 atom stereocenters. The maximum Gasteiger partial charge on any atom is 0.416 e. The number of nitrogens with zero attached hydrogens (tertiary/aromatic N) is 4. The smallest absolute Gasteiger partial charge is 0.416 e. The Balaban J connectivity index is 1.86. The number of benzene rings is 2. The third-order valence-electron chi connectivity index (χ3n) is 7.18. The number of hydrogen-bond acceptors (Lipinski definition) is 5. The predicted molar refractivity (Wildman–Crippen MR) is 138 cm³/mol. The summed E-state index contributed by atoms with van der Waals surface area (Å²) in [6.07, 6.45) is -7.95. The number of nitrogens with two attached hydrogens (primary N) is 1. The molecule has 4 rings (SSSR count). The average molecular weight is 585 g/mol. The van der Waals surface area contributed by atoms with Gasteiger partial charge in [-0.15, -0.1) is 10.2 Å². The monoisotopic (exact) mass is 584 g/mol. The van der Waals surface area contributed by atoms with Gasteiger partial charge in [0, 0.05) is 13.1 Å². The van der Waals surface area contributed by atoms with Gasteiger partial charge in [0.15, 0.2) is 0 Å². The predicted octanol–water partition coefficient (Wildman–Crippen LogP) is 7.16. The number of hydrogen-bond donors (Lipinski definition) is 2. The molecule has 14 heteroatoms. The first-order valence-corrected chi connectivity index (χ1v) is 13.1. The summed E-state index contributed by atoms with van der Waals surface area (Å²) in [7, 11) is 0. The molecule has 1 heterocycles. The highest BCUT2D eigenvalue weighted by Gasteiger charge is 2.39. The lowest BCUT2D eigenvalue weighted by molar-refractivity contribution is -0.143. The van der Waals surface area contributed by atoms with Crippen molar-refractivity contribution >= 4 is 17.7 Å². The van der Waals surface area contributed by atoms with Crippen LogP contribution in [0.3, 0.4) is 0 Å². The van der Waals surface area contributed by atoms with E-state index < -0.39 is 42.2 Å².